The lowest BCUT2D eigenvalue weighted by molar-refractivity contribution is -0.167. The fourth-order valence-corrected chi connectivity index (χ4v) is 6.86. The van der Waals surface area contributed by atoms with Gasteiger partial charge in [-0.2, -0.15) is 13.2 Å². The number of ether oxygens (including phenoxy) is 1. The minimum absolute atomic E-state index is 0.0320. The predicted molar refractivity (Wildman–Crippen MR) is 149 cm³/mol. The van der Waals surface area contributed by atoms with Crippen molar-refractivity contribution in [1.82, 2.24) is 14.2 Å². The molecule has 2 atom stereocenters. The summed E-state index contributed by atoms with van der Waals surface area (Å²) in [6, 6.07) is 7.40. The van der Waals surface area contributed by atoms with Crippen LogP contribution in [0.15, 0.2) is 41.1 Å². The summed E-state index contributed by atoms with van der Waals surface area (Å²) >= 11 is 0. The summed E-state index contributed by atoms with van der Waals surface area (Å²) in [6.07, 6.45) is -1.94. The number of nitrogens with one attached hydrogen (secondary N) is 1. The number of rotatable bonds is 9. The number of para-hydroxylation sites is 1. The largest absolute Gasteiger partial charge is 0.487 e. The zero-order valence-corrected chi connectivity index (χ0v) is 24.3. The Morgan fingerprint density at radius 3 is 2.49 bits per heavy atom. The maximum Gasteiger partial charge on any atom is 0.422 e. The van der Waals surface area contributed by atoms with Crippen LogP contribution in [-0.2, 0) is 19.6 Å². The van der Waals surface area contributed by atoms with Crippen molar-refractivity contribution in [2.24, 2.45) is 16.8 Å². The molecule has 0 bridgehead atoms. The molecule has 1 aromatic carbocycles. The van der Waals surface area contributed by atoms with Gasteiger partial charge in [-0.3, -0.25) is 9.59 Å². The summed E-state index contributed by atoms with van der Waals surface area (Å²) in [5.41, 5.74) is 2.17. The van der Waals surface area contributed by atoms with Gasteiger partial charge in [0, 0.05) is 48.0 Å². The van der Waals surface area contributed by atoms with Gasteiger partial charge in [0.05, 0.1) is 11.3 Å². The van der Waals surface area contributed by atoms with Gasteiger partial charge in [0.1, 0.15) is 11.7 Å². The van der Waals surface area contributed by atoms with Crippen LogP contribution in [0.3, 0.4) is 0 Å². The Bertz CT molecular complexity index is 1490. The van der Waals surface area contributed by atoms with E-state index >= 15 is 0 Å². The standard InChI is InChI=1S/C28H35F3N4O5S/c1-5-41(38,39)34-12-10-20(11-13-34)18(3)35-19(4)25(21-8-6-7-9-23(21)35)27(37)32-15-22-24(40-16-28(29,30)31)14-17(2)33-26(22)36/h6-9,14,18,20,22H,5,10-13,15-16H2,1-4H3,(H,32,37)/t18-,22?/m1/s1. The second kappa shape index (κ2) is 12.0. The van der Waals surface area contributed by atoms with Crippen molar-refractivity contribution in [3.63, 3.8) is 0 Å². The van der Waals surface area contributed by atoms with Gasteiger partial charge < -0.3 is 14.6 Å². The second-order valence-electron chi connectivity index (χ2n) is 10.5. The number of benzene rings is 1. The third kappa shape index (κ3) is 6.66. The van der Waals surface area contributed by atoms with Crippen molar-refractivity contribution in [1.29, 1.82) is 0 Å². The summed E-state index contributed by atoms with van der Waals surface area (Å²) in [5, 5.41) is 3.42. The first-order valence-electron chi connectivity index (χ1n) is 13.6. The van der Waals surface area contributed by atoms with Crippen LogP contribution < -0.4 is 5.32 Å². The van der Waals surface area contributed by atoms with Crippen LogP contribution >= 0.6 is 0 Å². The highest BCUT2D eigenvalue weighted by molar-refractivity contribution is 7.89. The average molecular weight is 597 g/mol. The molecule has 0 aliphatic carbocycles. The number of allylic oxidation sites excluding steroid dienone is 1. The normalized spacial score (nSPS) is 20.1. The number of sulfonamides is 1. The molecule has 0 spiro atoms. The molecule has 2 amide bonds. The summed E-state index contributed by atoms with van der Waals surface area (Å²) in [6.45, 7) is 6.06. The lowest BCUT2D eigenvalue weighted by Crippen LogP contribution is -2.40. The highest BCUT2D eigenvalue weighted by Crippen LogP contribution is 2.36. The molecule has 4 rings (SSSR count). The molecule has 0 saturated carbocycles. The Morgan fingerprint density at radius 2 is 1.85 bits per heavy atom. The number of amides is 2. The number of aromatic nitrogens is 1. The quantitative estimate of drug-likeness (QED) is 0.462. The van der Waals surface area contributed by atoms with Gasteiger partial charge in [0.15, 0.2) is 6.61 Å². The molecule has 1 fully saturated rings. The predicted octanol–water partition coefficient (Wildman–Crippen LogP) is 4.38. The van der Waals surface area contributed by atoms with Crippen molar-refractivity contribution in [2.45, 2.75) is 52.8 Å². The van der Waals surface area contributed by atoms with Gasteiger partial charge in [-0.25, -0.2) is 17.7 Å². The van der Waals surface area contributed by atoms with Crippen LogP contribution in [0.5, 0.6) is 0 Å². The zero-order valence-electron chi connectivity index (χ0n) is 23.5. The zero-order chi connectivity index (χ0) is 30.1. The monoisotopic (exact) mass is 596 g/mol. The molecule has 1 aromatic heterocycles. The Labute approximate surface area is 237 Å². The van der Waals surface area contributed by atoms with Crippen LogP contribution in [0, 0.1) is 18.8 Å². The van der Waals surface area contributed by atoms with E-state index in [-0.39, 0.29) is 35.7 Å². The lowest BCUT2D eigenvalue weighted by Gasteiger charge is -2.35. The number of carbonyl (C=O) groups excluding carboxylic acids is 2. The van der Waals surface area contributed by atoms with Crippen molar-refractivity contribution in [2.75, 3.05) is 32.0 Å². The van der Waals surface area contributed by atoms with Crippen molar-refractivity contribution < 1.29 is 35.9 Å². The fraction of sp³-hybridized carbons (Fsp3) is 0.536. The van der Waals surface area contributed by atoms with E-state index in [1.54, 1.807) is 6.92 Å². The van der Waals surface area contributed by atoms with E-state index in [1.165, 1.54) is 17.3 Å². The smallest absolute Gasteiger partial charge is 0.422 e. The third-order valence-electron chi connectivity index (χ3n) is 7.88. The van der Waals surface area contributed by atoms with E-state index < -0.39 is 40.5 Å². The first kappa shape index (κ1) is 30.8. The number of hydrogen-bond acceptors (Lipinski definition) is 5. The molecule has 2 aliphatic rings. The average Bonchev–Trinajstić information content (AvgIpc) is 3.22. The first-order valence-corrected chi connectivity index (χ1v) is 15.2. The number of alkyl halides is 3. The van der Waals surface area contributed by atoms with E-state index in [0.29, 0.717) is 42.6 Å². The number of carbonyl (C=O) groups is 2. The van der Waals surface area contributed by atoms with Crippen LogP contribution in [0.4, 0.5) is 13.2 Å². The van der Waals surface area contributed by atoms with Crippen LogP contribution in [0.25, 0.3) is 10.9 Å². The molecule has 3 heterocycles. The van der Waals surface area contributed by atoms with E-state index in [2.05, 4.69) is 21.8 Å². The molecular weight excluding hydrogens is 561 g/mol. The number of piperidine rings is 1. The van der Waals surface area contributed by atoms with Crippen LogP contribution in [0.2, 0.25) is 0 Å². The maximum absolute atomic E-state index is 13.5. The summed E-state index contributed by atoms with van der Waals surface area (Å²) < 4.78 is 71.5. The van der Waals surface area contributed by atoms with Crippen molar-refractivity contribution in [3.05, 3.63) is 47.4 Å². The summed E-state index contributed by atoms with van der Waals surface area (Å²) in [7, 11) is -3.25. The number of aliphatic imine (C=N–C) groups is 1. The molecule has 41 heavy (non-hydrogen) atoms. The Hall–Kier alpha value is -3.19. The van der Waals surface area contributed by atoms with Gasteiger partial charge in [0.25, 0.3) is 11.8 Å². The highest BCUT2D eigenvalue weighted by Gasteiger charge is 2.35. The molecule has 2 aromatic rings. The molecule has 1 N–H and O–H groups in total. The van der Waals surface area contributed by atoms with Crippen molar-refractivity contribution in [3.8, 4) is 0 Å². The molecule has 9 nitrogen and oxygen atoms in total. The molecule has 0 radical (unpaired) electrons. The minimum atomic E-state index is -4.59. The molecule has 224 valence electrons. The molecule has 1 saturated heterocycles. The number of nitrogens with zero attached hydrogens (tertiary/aromatic N) is 3. The van der Waals surface area contributed by atoms with E-state index in [0.717, 1.165) is 5.52 Å². The number of hydrogen-bond donors (Lipinski definition) is 1. The molecule has 1 unspecified atom stereocenters. The number of dihydropyridines is 1. The highest BCUT2D eigenvalue weighted by atomic mass is 32.2. The van der Waals surface area contributed by atoms with E-state index in [4.69, 9.17) is 4.74 Å². The Balaban J connectivity index is 1.55. The topological polar surface area (TPSA) is 110 Å². The van der Waals surface area contributed by atoms with E-state index in [1.807, 2.05) is 31.2 Å². The Kier molecular flexibility index (Phi) is 8.98. The van der Waals surface area contributed by atoms with Crippen LogP contribution in [0.1, 0.15) is 55.7 Å². The molecule has 13 heteroatoms. The number of fused-ring (bicyclic) bond motifs is 1. The SMILES string of the molecule is CCS(=O)(=O)N1CCC([C@@H](C)n2c(C)c(C(=O)NCC3C(=O)N=C(C)C=C3OCC(F)(F)F)c3ccccc32)CC1. The third-order valence-corrected chi connectivity index (χ3v) is 9.76. The molecular formula is C28H35F3N4O5S. The number of halogens is 3. The fourth-order valence-electron chi connectivity index (χ4n) is 5.72. The minimum Gasteiger partial charge on any atom is -0.487 e. The van der Waals surface area contributed by atoms with Gasteiger partial charge in [0.2, 0.25) is 10.0 Å². The Morgan fingerprint density at radius 1 is 1.20 bits per heavy atom. The van der Waals surface area contributed by atoms with Gasteiger partial charge >= 0.3 is 6.18 Å². The lowest BCUT2D eigenvalue weighted by atomic mass is 9.91. The second-order valence-corrected chi connectivity index (χ2v) is 12.8. The van der Waals surface area contributed by atoms with Crippen molar-refractivity contribution >= 4 is 38.5 Å². The molecule has 2 aliphatic heterocycles. The van der Waals surface area contributed by atoms with Gasteiger partial charge in [-0.1, -0.05) is 18.2 Å². The maximum atomic E-state index is 13.5. The van der Waals surface area contributed by atoms with E-state index in [9.17, 15) is 31.2 Å². The van der Waals surface area contributed by atoms with Gasteiger partial charge in [-0.05, 0) is 58.6 Å². The van der Waals surface area contributed by atoms with Gasteiger partial charge in [-0.15, -0.1) is 0 Å². The summed E-state index contributed by atoms with van der Waals surface area (Å²) in [4.78, 5) is 29.9. The first-order chi connectivity index (χ1) is 19.2. The summed E-state index contributed by atoms with van der Waals surface area (Å²) in [5.74, 6) is -2.28. The van der Waals surface area contributed by atoms with Crippen LogP contribution in [-0.4, -0.2) is 73.0 Å².